The minimum absolute atomic E-state index is 0.0228. The zero-order chi connectivity index (χ0) is 20.7. The van der Waals surface area contributed by atoms with Crippen molar-refractivity contribution in [3.63, 3.8) is 0 Å². The van der Waals surface area contributed by atoms with E-state index in [-0.39, 0.29) is 66.8 Å². The van der Waals surface area contributed by atoms with Gasteiger partial charge >= 0.3 is 5.97 Å². The maximum atomic E-state index is 12.2. The van der Waals surface area contributed by atoms with Crippen molar-refractivity contribution in [1.82, 2.24) is 0 Å². The van der Waals surface area contributed by atoms with Crippen LogP contribution in [0.3, 0.4) is 0 Å². The Balaban J connectivity index is 1.92. The lowest BCUT2D eigenvalue weighted by Crippen LogP contribution is -2.20. The van der Waals surface area contributed by atoms with Gasteiger partial charge in [-0.1, -0.05) is 24.2 Å². The summed E-state index contributed by atoms with van der Waals surface area (Å²) >= 11 is 0. The van der Waals surface area contributed by atoms with Crippen molar-refractivity contribution in [1.29, 1.82) is 0 Å². The highest BCUT2D eigenvalue weighted by atomic mass is 16.5. The second kappa shape index (κ2) is 6.10. The average Bonchev–Trinajstić information content (AvgIpc) is 2.98. The minimum atomic E-state index is -0.763. The van der Waals surface area contributed by atoms with Crippen molar-refractivity contribution < 1.29 is 28.0 Å². The van der Waals surface area contributed by atoms with E-state index in [1.807, 2.05) is 0 Å². The van der Waals surface area contributed by atoms with E-state index in [0.717, 1.165) is 12.1 Å². The van der Waals surface area contributed by atoms with Crippen LogP contribution in [-0.2, 0) is 22.4 Å². The number of phenolic OH excluding ortho intramolecular Hbond substituents is 2. The van der Waals surface area contributed by atoms with Gasteiger partial charge in [0.2, 0.25) is 0 Å². The number of hydrogen-bond acceptors (Lipinski definition) is 4. The van der Waals surface area contributed by atoms with Crippen LogP contribution in [0.25, 0.3) is 0 Å². The number of phenols is 2. The number of carbonyl (C=O) groups is 1. The molecule has 1 aliphatic rings. The van der Waals surface area contributed by atoms with Gasteiger partial charge in [0.1, 0.15) is 11.5 Å². The Labute approximate surface area is 137 Å². The Kier molecular flexibility index (Phi) is 2.45. The lowest BCUT2D eigenvalue weighted by molar-refractivity contribution is -0.141. The standard InChI is InChI=1S/C18H18O4/c19-15-5-1-3-12(8-15)7-14-11-22-18(21)17(14)10-13-4-2-6-16(20)9-13/h1-6,8-9,14,17,19-20H,7,10-11H2/t14-,17+/m0/s1/i3D,4D,5D,6D,8D,9D. The summed E-state index contributed by atoms with van der Waals surface area (Å²) < 4.78 is 52.1. The molecule has 2 aromatic rings. The third-order valence-corrected chi connectivity index (χ3v) is 3.65. The molecule has 1 saturated heterocycles. The lowest BCUT2D eigenvalue weighted by Gasteiger charge is -2.15. The molecule has 0 amide bonds. The van der Waals surface area contributed by atoms with E-state index in [1.165, 1.54) is 0 Å². The first-order chi connectivity index (χ1) is 13.1. The number of aromatic hydroxyl groups is 2. The van der Waals surface area contributed by atoms with Crippen LogP contribution in [0.15, 0.2) is 48.4 Å². The van der Waals surface area contributed by atoms with Crippen LogP contribution in [0.1, 0.15) is 19.4 Å². The quantitative estimate of drug-likeness (QED) is 0.852. The Morgan fingerprint density at radius 2 is 1.64 bits per heavy atom. The van der Waals surface area contributed by atoms with Gasteiger partial charge < -0.3 is 14.9 Å². The lowest BCUT2D eigenvalue weighted by atomic mass is 9.85. The minimum Gasteiger partial charge on any atom is -0.508 e. The molecule has 0 unspecified atom stereocenters. The molecule has 0 aromatic heterocycles. The summed E-state index contributed by atoms with van der Waals surface area (Å²) in [5.41, 5.74) is 0.298. The first-order valence-electron chi connectivity index (χ1n) is 9.85. The van der Waals surface area contributed by atoms with Gasteiger partial charge in [-0.25, -0.2) is 0 Å². The third kappa shape index (κ3) is 3.22. The van der Waals surface area contributed by atoms with Crippen molar-refractivity contribution in [2.45, 2.75) is 12.8 Å². The molecule has 0 bridgehead atoms. The van der Waals surface area contributed by atoms with Gasteiger partial charge in [-0.2, -0.15) is 0 Å². The van der Waals surface area contributed by atoms with Crippen molar-refractivity contribution >= 4 is 5.97 Å². The summed E-state index contributed by atoms with van der Waals surface area (Å²) in [6.07, 6.45) is 0.0171. The van der Waals surface area contributed by atoms with Crippen LogP contribution in [0.2, 0.25) is 0 Å². The second-order valence-electron chi connectivity index (χ2n) is 5.18. The molecule has 0 spiro atoms. The second-order valence-corrected chi connectivity index (χ2v) is 5.18. The molecule has 4 heteroatoms. The average molecular weight is 304 g/mol. The van der Waals surface area contributed by atoms with Crippen molar-refractivity contribution in [2.75, 3.05) is 6.61 Å². The van der Waals surface area contributed by atoms with Crippen LogP contribution in [-0.4, -0.2) is 22.8 Å². The fourth-order valence-electron chi connectivity index (χ4n) is 2.57. The summed E-state index contributed by atoms with van der Waals surface area (Å²) in [6.45, 7) is 0.0228. The smallest absolute Gasteiger partial charge is 0.309 e. The zero-order valence-electron chi connectivity index (χ0n) is 17.6. The van der Waals surface area contributed by atoms with Crippen LogP contribution >= 0.6 is 0 Å². The van der Waals surface area contributed by atoms with Gasteiger partial charge in [-0.05, 0) is 48.1 Å². The number of ether oxygens (including phenoxy) is 1. The van der Waals surface area contributed by atoms with Crippen LogP contribution in [0.5, 0.6) is 11.5 Å². The zero-order valence-corrected chi connectivity index (χ0v) is 11.6. The van der Waals surface area contributed by atoms with E-state index < -0.39 is 29.3 Å². The predicted molar refractivity (Wildman–Crippen MR) is 81.6 cm³/mol. The van der Waals surface area contributed by atoms with E-state index in [9.17, 15) is 15.0 Å². The number of cyclic esters (lactones) is 1. The Morgan fingerprint density at radius 3 is 2.27 bits per heavy atom. The summed E-state index contributed by atoms with van der Waals surface area (Å²) in [6, 6.07) is 0.625. The Hall–Kier alpha value is -2.49. The number of hydrogen-bond donors (Lipinski definition) is 2. The van der Waals surface area contributed by atoms with Crippen LogP contribution < -0.4 is 0 Å². The van der Waals surface area contributed by atoms with E-state index in [1.54, 1.807) is 0 Å². The molecule has 0 saturated carbocycles. The largest absolute Gasteiger partial charge is 0.508 e. The number of benzene rings is 2. The summed E-state index contributed by atoms with van der Waals surface area (Å²) in [5.74, 6) is -2.87. The molecule has 2 atom stereocenters. The highest BCUT2D eigenvalue weighted by Gasteiger charge is 2.36. The van der Waals surface area contributed by atoms with Gasteiger partial charge in [0.15, 0.2) is 0 Å². The van der Waals surface area contributed by atoms with Crippen molar-refractivity contribution in [3.05, 3.63) is 59.5 Å². The number of rotatable bonds is 4. The fraction of sp³-hybridized carbons (Fsp3) is 0.278. The van der Waals surface area contributed by atoms with Gasteiger partial charge in [-0.3, -0.25) is 4.79 Å². The summed E-state index contributed by atoms with van der Waals surface area (Å²) in [7, 11) is 0. The molecular formula is C18H18O4. The maximum Gasteiger partial charge on any atom is 0.309 e. The molecule has 22 heavy (non-hydrogen) atoms. The molecule has 2 N–H and O–H groups in total. The number of carbonyl (C=O) groups excluding carboxylic acids is 1. The molecule has 1 fully saturated rings. The molecular weight excluding hydrogens is 280 g/mol. The SMILES string of the molecule is [2H]c1cc([2H])c(C[C@H]2COC(=O)[C@@H]2Cc2c([2H])cc([2H])c(O)c2[2H])c([2H])c1O. The van der Waals surface area contributed by atoms with Gasteiger partial charge in [-0.15, -0.1) is 0 Å². The summed E-state index contributed by atoms with van der Waals surface area (Å²) in [4.78, 5) is 12.2. The Morgan fingerprint density at radius 1 is 1.05 bits per heavy atom. The highest BCUT2D eigenvalue weighted by Crippen LogP contribution is 2.30. The number of esters is 1. The highest BCUT2D eigenvalue weighted by molar-refractivity contribution is 5.75. The fourth-order valence-corrected chi connectivity index (χ4v) is 2.57. The van der Waals surface area contributed by atoms with Crippen molar-refractivity contribution in [3.8, 4) is 11.5 Å². The van der Waals surface area contributed by atoms with Crippen LogP contribution in [0, 0.1) is 11.8 Å². The maximum absolute atomic E-state index is 12.2. The monoisotopic (exact) mass is 304 g/mol. The molecule has 3 rings (SSSR count). The molecule has 4 nitrogen and oxygen atoms in total. The first kappa shape index (κ1) is 8.83. The molecule has 1 aliphatic heterocycles. The van der Waals surface area contributed by atoms with E-state index in [0.29, 0.717) is 0 Å². The molecule has 1 heterocycles. The van der Waals surface area contributed by atoms with Gasteiger partial charge in [0.25, 0.3) is 0 Å². The topological polar surface area (TPSA) is 66.8 Å². The summed E-state index contributed by atoms with van der Waals surface area (Å²) in [5, 5.41) is 19.6. The van der Waals surface area contributed by atoms with Gasteiger partial charge in [0, 0.05) is 5.92 Å². The Bertz CT molecular complexity index is 962. The first-order valence-corrected chi connectivity index (χ1v) is 6.85. The van der Waals surface area contributed by atoms with E-state index in [4.69, 9.17) is 13.0 Å². The van der Waals surface area contributed by atoms with Gasteiger partial charge in [0.05, 0.1) is 20.7 Å². The van der Waals surface area contributed by atoms with E-state index >= 15 is 0 Å². The predicted octanol–water partition coefficient (Wildman–Crippen LogP) is 2.67. The van der Waals surface area contributed by atoms with E-state index in [2.05, 4.69) is 0 Å². The molecule has 114 valence electrons. The third-order valence-electron chi connectivity index (χ3n) is 3.65. The van der Waals surface area contributed by atoms with Crippen LogP contribution in [0.4, 0.5) is 0 Å². The normalized spacial score (nSPS) is 24.6. The molecule has 0 radical (unpaired) electrons. The van der Waals surface area contributed by atoms with Crippen molar-refractivity contribution in [2.24, 2.45) is 11.8 Å². The molecule has 2 aromatic carbocycles. The molecule has 0 aliphatic carbocycles.